The van der Waals surface area contributed by atoms with E-state index in [0.29, 0.717) is 26.2 Å². The Hall–Kier alpha value is -2.77. The molecule has 3 aliphatic rings. The number of carbonyl (C=O) groups excluding carboxylic acids is 3. The summed E-state index contributed by atoms with van der Waals surface area (Å²) in [5, 5.41) is 2.69. The number of nitrogens with one attached hydrogen (secondary N) is 3. The number of H-pyrrole nitrogens is 1. The van der Waals surface area contributed by atoms with Gasteiger partial charge in [-0.3, -0.25) is 19.2 Å². The van der Waals surface area contributed by atoms with E-state index in [2.05, 4.69) is 15.0 Å². The van der Waals surface area contributed by atoms with Crippen LogP contribution in [0.25, 0.3) is 0 Å². The molecular weight excluding hydrogens is 526 g/mol. The summed E-state index contributed by atoms with van der Waals surface area (Å²) in [6.45, 7) is 10.4. The van der Waals surface area contributed by atoms with Crippen molar-refractivity contribution in [1.82, 2.24) is 19.9 Å². The number of aromatic nitrogens is 1. The van der Waals surface area contributed by atoms with E-state index in [1.54, 1.807) is 26.8 Å². The Kier molecular flexibility index (Phi) is 7.50. The van der Waals surface area contributed by atoms with Crippen molar-refractivity contribution in [2.45, 2.75) is 72.2 Å². The minimum absolute atomic E-state index is 0.0478. The number of carbonyl (C=O) groups is 3. The fraction of sp³-hybridized carbons (Fsp3) is 0.692. The van der Waals surface area contributed by atoms with Crippen molar-refractivity contribution in [2.24, 2.45) is 28.4 Å². The number of likely N-dealkylation sites (tertiary alicyclic amines) is 1. The zero-order valence-electron chi connectivity index (χ0n) is 23.3. The zero-order valence-corrected chi connectivity index (χ0v) is 24.1. The second-order valence-corrected chi connectivity index (χ2v) is 14.5. The number of piperidine rings is 1. The first-order valence-electron chi connectivity index (χ1n) is 13.1. The molecule has 0 aromatic carbocycles. The molecule has 0 spiro atoms. The molecule has 0 bridgehead atoms. The van der Waals surface area contributed by atoms with Gasteiger partial charge in [-0.2, -0.15) is 0 Å². The molecule has 1 unspecified atom stereocenters. The Labute approximate surface area is 228 Å². The maximum atomic E-state index is 13.7. The van der Waals surface area contributed by atoms with Crippen molar-refractivity contribution in [3.63, 3.8) is 0 Å². The van der Waals surface area contributed by atoms with Crippen LogP contribution in [0.15, 0.2) is 10.9 Å². The SMILES string of the molecule is CC(C)(C)[C@H](NS(C)(=O)=O)C(=O)N1C[C@H]2[C@@H]([C@H]1C(=O)NC(Cc1cc3c([nH]c1=O)CCOC3)C(N)=O)C2(C)C. The molecule has 1 aliphatic carbocycles. The van der Waals surface area contributed by atoms with Crippen LogP contribution in [-0.2, 0) is 48.6 Å². The Morgan fingerprint density at radius 2 is 1.95 bits per heavy atom. The second kappa shape index (κ2) is 10.0. The number of hydrogen-bond acceptors (Lipinski definition) is 7. The Bertz CT molecular complexity index is 1350. The van der Waals surface area contributed by atoms with Gasteiger partial charge in [0.05, 0.1) is 19.5 Å². The van der Waals surface area contributed by atoms with Crippen molar-refractivity contribution in [3.8, 4) is 0 Å². The van der Waals surface area contributed by atoms with Gasteiger partial charge in [0.25, 0.3) is 5.56 Å². The van der Waals surface area contributed by atoms with Gasteiger partial charge in [-0.1, -0.05) is 34.6 Å². The van der Waals surface area contributed by atoms with Gasteiger partial charge in [-0.05, 0) is 34.3 Å². The molecule has 2 aliphatic heterocycles. The van der Waals surface area contributed by atoms with E-state index in [1.165, 1.54) is 4.90 Å². The third-order valence-corrected chi connectivity index (χ3v) is 9.00. The van der Waals surface area contributed by atoms with E-state index in [1.807, 2.05) is 13.8 Å². The third kappa shape index (κ3) is 5.90. The predicted octanol–water partition coefficient (Wildman–Crippen LogP) is -0.593. The van der Waals surface area contributed by atoms with Crippen LogP contribution in [0.4, 0.5) is 0 Å². The number of nitrogens with two attached hydrogens (primary N) is 1. The highest BCUT2D eigenvalue weighted by atomic mass is 32.2. The monoisotopic (exact) mass is 565 g/mol. The van der Waals surface area contributed by atoms with E-state index in [-0.39, 0.29) is 34.8 Å². The van der Waals surface area contributed by atoms with Gasteiger partial charge in [0.2, 0.25) is 27.7 Å². The predicted molar refractivity (Wildman–Crippen MR) is 143 cm³/mol. The van der Waals surface area contributed by atoms with Crippen molar-refractivity contribution in [3.05, 3.63) is 33.2 Å². The number of primary amides is 1. The van der Waals surface area contributed by atoms with Gasteiger partial charge in [0.15, 0.2) is 0 Å². The van der Waals surface area contributed by atoms with E-state index >= 15 is 0 Å². The molecule has 3 heterocycles. The number of nitrogens with zero attached hydrogens (tertiary/aromatic N) is 1. The average molecular weight is 566 g/mol. The standard InChI is InChI=1S/C26H39N5O7S/c1-25(2,3)20(30-39(6,36)37)24(35)31-11-15-18(26(15,4)5)19(31)23(34)29-17(21(27)32)10-13-9-14-12-38-8-7-16(14)28-22(13)33/h9,15,17-20,30H,7-8,10-12H2,1-6H3,(H2,27,32)(H,28,33)(H,29,34)/t15-,17?,18-,19-,20+/m0/s1. The highest BCUT2D eigenvalue weighted by molar-refractivity contribution is 7.88. The second-order valence-electron chi connectivity index (χ2n) is 12.7. The summed E-state index contributed by atoms with van der Waals surface area (Å²) in [6, 6.07) is -1.52. The first-order valence-corrected chi connectivity index (χ1v) is 15.0. The van der Waals surface area contributed by atoms with Crippen LogP contribution >= 0.6 is 0 Å². The van der Waals surface area contributed by atoms with Crippen LogP contribution in [-0.4, -0.2) is 73.6 Å². The summed E-state index contributed by atoms with van der Waals surface area (Å²) in [5.41, 5.74) is 6.18. The molecule has 39 heavy (non-hydrogen) atoms. The summed E-state index contributed by atoms with van der Waals surface area (Å²) in [5.74, 6) is -2.00. The molecular formula is C26H39N5O7S. The lowest BCUT2D eigenvalue weighted by molar-refractivity contribution is -0.144. The van der Waals surface area contributed by atoms with Crippen molar-refractivity contribution < 1.29 is 27.5 Å². The molecule has 13 heteroatoms. The molecule has 1 aromatic heterocycles. The number of pyridine rings is 1. The number of rotatable bonds is 8. The maximum Gasteiger partial charge on any atom is 0.251 e. The molecule has 5 N–H and O–H groups in total. The lowest BCUT2D eigenvalue weighted by Crippen LogP contribution is -2.60. The van der Waals surface area contributed by atoms with Crippen LogP contribution < -0.4 is 21.3 Å². The topological polar surface area (TPSA) is 181 Å². The van der Waals surface area contributed by atoms with Crippen LogP contribution in [0.3, 0.4) is 0 Å². The van der Waals surface area contributed by atoms with Gasteiger partial charge < -0.3 is 25.7 Å². The van der Waals surface area contributed by atoms with Gasteiger partial charge in [-0.15, -0.1) is 0 Å². The number of hydrogen-bond donors (Lipinski definition) is 4. The fourth-order valence-corrected chi connectivity index (χ4v) is 6.89. The summed E-state index contributed by atoms with van der Waals surface area (Å²) in [7, 11) is -3.72. The van der Waals surface area contributed by atoms with Gasteiger partial charge in [0, 0.05) is 30.6 Å². The molecule has 0 radical (unpaired) electrons. The van der Waals surface area contributed by atoms with Gasteiger partial charge in [-0.25, -0.2) is 13.1 Å². The molecule has 2 fully saturated rings. The summed E-state index contributed by atoms with van der Waals surface area (Å²) in [6.07, 6.45) is 1.44. The summed E-state index contributed by atoms with van der Waals surface area (Å²) in [4.78, 5) is 56.8. The smallest absolute Gasteiger partial charge is 0.251 e. The Morgan fingerprint density at radius 3 is 2.54 bits per heavy atom. The summed E-state index contributed by atoms with van der Waals surface area (Å²) < 4.78 is 32.0. The number of ether oxygens (including phenoxy) is 1. The molecule has 3 amide bonds. The highest BCUT2D eigenvalue weighted by Crippen LogP contribution is 2.65. The number of fused-ring (bicyclic) bond motifs is 2. The number of aromatic amines is 1. The maximum absolute atomic E-state index is 13.7. The van der Waals surface area contributed by atoms with E-state index in [9.17, 15) is 27.6 Å². The zero-order chi connectivity index (χ0) is 29.1. The molecule has 4 rings (SSSR count). The average Bonchev–Trinajstić information content (AvgIpc) is 3.14. The molecule has 1 saturated carbocycles. The molecule has 216 valence electrons. The van der Waals surface area contributed by atoms with Crippen LogP contribution in [0.1, 0.15) is 51.4 Å². The minimum Gasteiger partial charge on any atom is -0.376 e. The lowest BCUT2D eigenvalue weighted by atomic mass is 9.86. The first kappa shape index (κ1) is 29.2. The van der Waals surface area contributed by atoms with Crippen LogP contribution in [0.5, 0.6) is 0 Å². The normalized spacial score (nSPS) is 25.3. The summed E-state index contributed by atoms with van der Waals surface area (Å²) >= 11 is 0. The number of amides is 3. The van der Waals surface area contributed by atoms with E-state index < -0.39 is 51.3 Å². The largest absolute Gasteiger partial charge is 0.376 e. The third-order valence-electron chi connectivity index (χ3n) is 8.34. The molecule has 12 nitrogen and oxygen atoms in total. The van der Waals surface area contributed by atoms with Crippen molar-refractivity contribution in [1.29, 1.82) is 0 Å². The fourth-order valence-electron chi connectivity index (χ4n) is 6.01. The lowest BCUT2D eigenvalue weighted by Gasteiger charge is -2.37. The molecule has 1 saturated heterocycles. The minimum atomic E-state index is -3.72. The quantitative estimate of drug-likeness (QED) is 0.325. The molecule has 5 atom stereocenters. The van der Waals surface area contributed by atoms with E-state index in [4.69, 9.17) is 10.5 Å². The first-order chi connectivity index (χ1) is 17.9. The number of sulfonamides is 1. The highest BCUT2D eigenvalue weighted by Gasteiger charge is 2.69. The van der Waals surface area contributed by atoms with Crippen LogP contribution in [0, 0.1) is 22.7 Å². The van der Waals surface area contributed by atoms with Gasteiger partial charge >= 0.3 is 0 Å². The van der Waals surface area contributed by atoms with Crippen molar-refractivity contribution >= 4 is 27.7 Å². The van der Waals surface area contributed by atoms with E-state index in [0.717, 1.165) is 17.5 Å². The molecule has 1 aromatic rings. The van der Waals surface area contributed by atoms with Crippen LogP contribution in [0.2, 0.25) is 0 Å². The van der Waals surface area contributed by atoms with Crippen molar-refractivity contribution in [2.75, 3.05) is 19.4 Å². The Balaban J connectivity index is 1.58. The Morgan fingerprint density at radius 1 is 1.28 bits per heavy atom. The van der Waals surface area contributed by atoms with Gasteiger partial charge in [0.1, 0.15) is 18.1 Å².